The van der Waals surface area contributed by atoms with Crippen LogP contribution in [0.15, 0.2) is 28.1 Å². The summed E-state index contributed by atoms with van der Waals surface area (Å²) < 4.78 is 13.0. The molecule has 1 saturated heterocycles. The fourth-order valence-electron chi connectivity index (χ4n) is 1.93. The quantitative estimate of drug-likeness (QED) is 0.825. The Balaban J connectivity index is 2.02. The van der Waals surface area contributed by atoms with E-state index in [0.29, 0.717) is 29.9 Å². The number of ether oxygens (including phenoxy) is 2. The van der Waals surface area contributed by atoms with Crippen LogP contribution >= 0.6 is 15.9 Å². The molecule has 0 saturated carbocycles. The Hall–Kier alpha value is -1.18. The van der Waals surface area contributed by atoms with Crippen molar-refractivity contribution in [1.82, 2.24) is 9.78 Å². The minimum atomic E-state index is -0.546. The maximum atomic E-state index is 12.0. The zero-order chi connectivity index (χ0) is 14.8. The molecule has 1 atom stereocenters. The first-order valence-electron chi connectivity index (χ1n) is 6.35. The minimum Gasteiger partial charge on any atom is -0.380 e. The summed E-state index contributed by atoms with van der Waals surface area (Å²) in [4.78, 5) is 12.0. The van der Waals surface area contributed by atoms with E-state index in [1.807, 2.05) is 13.8 Å². The van der Waals surface area contributed by atoms with Crippen molar-refractivity contribution in [2.75, 3.05) is 18.5 Å². The van der Waals surface area contributed by atoms with E-state index in [-0.39, 0.29) is 11.7 Å². The molecule has 1 aliphatic rings. The molecule has 110 valence electrons. The van der Waals surface area contributed by atoms with Crippen molar-refractivity contribution < 1.29 is 9.47 Å². The largest absolute Gasteiger partial charge is 0.380 e. The predicted octanol–water partition coefficient (Wildman–Crippen LogP) is 1.76. The van der Waals surface area contributed by atoms with Gasteiger partial charge in [-0.25, -0.2) is 4.68 Å². The van der Waals surface area contributed by atoms with Gasteiger partial charge in [0, 0.05) is 6.54 Å². The van der Waals surface area contributed by atoms with Crippen LogP contribution < -0.4 is 10.9 Å². The highest BCUT2D eigenvalue weighted by Crippen LogP contribution is 2.23. The lowest BCUT2D eigenvalue weighted by Gasteiger charge is -2.17. The fraction of sp³-hybridized carbons (Fsp3) is 0.538. The number of allylic oxidation sites excluding steroid dienone is 1. The van der Waals surface area contributed by atoms with Gasteiger partial charge in [-0.1, -0.05) is 6.08 Å². The molecule has 6 nitrogen and oxygen atoms in total. The average molecular weight is 344 g/mol. The second-order valence-electron chi connectivity index (χ2n) is 4.98. The molecule has 1 aromatic heterocycles. The standard InChI is InChI=1S/C13H18BrN3O3/c1-4-5-17-12(18)11(14)10(7-16-17)15-6-9-8-19-13(2,3)20-9/h4,7,9,15H,1,5-6,8H2,2-3H3. The number of rotatable bonds is 5. The van der Waals surface area contributed by atoms with Crippen molar-refractivity contribution in [2.24, 2.45) is 0 Å². The van der Waals surface area contributed by atoms with Crippen LogP contribution in [0.4, 0.5) is 5.69 Å². The molecule has 0 amide bonds. The predicted molar refractivity (Wildman–Crippen MR) is 79.8 cm³/mol. The van der Waals surface area contributed by atoms with Gasteiger partial charge in [-0.15, -0.1) is 6.58 Å². The Kier molecular flexibility index (Phi) is 4.62. The Morgan fingerprint density at radius 3 is 3.05 bits per heavy atom. The van der Waals surface area contributed by atoms with Crippen molar-refractivity contribution >= 4 is 21.6 Å². The van der Waals surface area contributed by atoms with Gasteiger partial charge in [0.1, 0.15) is 10.6 Å². The highest BCUT2D eigenvalue weighted by molar-refractivity contribution is 9.10. The molecule has 20 heavy (non-hydrogen) atoms. The molecule has 2 rings (SSSR count). The van der Waals surface area contributed by atoms with Crippen LogP contribution in [-0.2, 0) is 16.0 Å². The third-order valence-corrected chi connectivity index (χ3v) is 3.64. The van der Waals surface area contributed by atoms with Gasteiger partial charge in [0.2, 0.25) is 0 Å². The van der Waals surface area contributed by atoms with E-state index in [2.05, 4.69) is 32.9 Å². The molecule has 0 spiro atoms. The average Bonchev–Trinajstić information content (AvgIpc) is 2.74. The van der Waals surface area contributed by atoms with Crippen LogP contribution in [0.2, 0.25) is 0 Å². The normalized spacial score (nSPS) is 20.9. The summed E-state index contributed by atoms with van der Waals surface area (Å²) in [5.74, 6) is -0.546. The van der Waals surface area contributed by atoms with E-state index in [1.54, 1.807) is 12.3 Å². The van der Waals surface area contributed by atoms with Crippen LogP contribution in [-0.4, -0.2) is 34.8 Å². The zero-order valence-electron chi connectivity index (χ0n) is 11.6. The number of nitrogens with one attached hydrogen (secondary N) is 1. The Morgan fingerprint density at radius 1 is 1.70 bits per heavy atom. The summed E-state index contributed by atoms with van der Waals surface area (Å²) >= 11 is 3.29. The van der Waals surface area contributed by atoms with E-state index < -0.39 is 5.79 Å². The molecule has 1 N–H and O–H groups in total. The summed E-state index contributed by atoms with van der Waals surface area (Å²) in [5, 5.41) is 7.22. The number of nitrogens with zero attached hydrogens (tertiary/aromatic N) is 2. The Labute approximate surface area is 125 Å². The minimum absolute atomic E-state index is 0.0486. The molecule has 1 aliphatic heterocycles. The van der Waals surface area contributed by atoms with Crippen molar-refractivity contribution in [3.05, 3.63) is 33.7 Å². The zero-order valence-corrected chi connectivity index (χ0v) is 13.1. The summed E-state index contributed by atoms with van der Waals surface area (Å²) in [5.41, 5.74) is 0.447. The van der Waals surface area contributed by atoms with E-state index in [9.17, 15) is 4.79 Å². The second-order valence-corrected chi connectivity index (χ2v) is 5.77. The van der Waals surface area contributed by atoms with Gasteiger partial charge in [-0.2, -0.15) is 5.10 Å². The number of hydrogen-bond donors (Lipinski definition) is 1. The molecule has 0 aliphatic carbocycles. The first-order valence-corrected chi connectivity index (χ1v) is 7.14. The van der Waals surface area contributed by atoms with Gasteiger partial charge in [0.15, 0.2) is 5.79 Å². The maximum absolute atomic E-state index is 12.0. The van der Waals surface area contributed by atoms with E-state index in [1.165, 1.54) is 4.68 Å². The molecule has 0 bridgehead atoms. The first kappa shape index (κ1) is 15.2. The van der Waals surface area contributed by atoms with Gasteiger partial charge in [0.25, 0.3) is 5.56 Å². The van der Waals surface area contributed by atoms with E-state index in [0.717, 1.165) is 0 Å². The lowest BCUT2D eigenvalue weighted by molar-refractivity contribution is -0.136. The van der Waals surface area contributed by atoms with Gasteiger partial charge >= 0.3 is 0 Å². The van der Waals surface area contributed by atoms with Crippen molar-refractivity contribution in [2.45, 2.75) is 32.3 Å². The lowest BCUT2D eigenvalue weighted by Crippen LogP contribution is -2.28. The number of anilines is 1. The van der Waals surface area contributed by atoms with E-state index >= 15 is 0 Å². The molecule has 7 heteroatoms. The summed E-state index contributed by atoms with van der Waals surface area (Å²) in [7, 11) is 0. The molecular weight excluding hydrogens is 326 g/mol. The maximum Gasteiger partial charge on any atom is 0.283 e. The molecule has 0 aromatic carbocycles. The molecular formula is C13H18BrN3O3. The molecule has 1 unspecified atom stereocenters. The highest BCUT2D eigenvalue weighted by atomic mass is 79.9. The van der Waals surface area contributed by atoms with Gasteiger partial charge in [0.05, 0.1) is 25.0 Å². The third-order valence-electron chi connectivity index (χ3n) is 2.87. The summed E-state index contributed by atoms with van der Waals surface area (Å²) in [6, 6.07) is 0. The van der Waals surface area contributed by atoms with Gasteiger partial charge < -0.3 is 14.8 Å². The second kappa shape index (κ2) is 6.07. The third kappa shape index (κ3) is 3.47. The van der Waals surface area contributed by atoms with Gasteiger partial charge in [-0.05, 0) is 29.8 Å². The lowest BCUT2D eigenvalue weighted by atomic mass is 10.3. The molecule has 0 radical (unpaired) electrons. The van der Waals surface area contributed by atoms with E-state index in [4.69, 9.17) is 9.47 Å². The SMILES string of the molecule is C=CCn1ncc(NCC2COC(C)(C)O2)c(Br)c1=O. The van der Waals surface area contributed by atoms with Crippen molar-refractivity contribution in [3.8, 4) is 0 Å². The van der Waals surface area contributed by atoms with Crippen LogP contribution in [0.5, 0.6) is 0 Å². The first-order chi connectivity index (χ1) is 9.43. The molecule has 1 aromatic rings. The monoisotopic (exact) mass is 343 g/mol. The summed E-state index contributed by atoms with van der Waals surface area (Å²) in [6.07, 6.45) is 3.18. The topological polar surface area (TPSA) is 65.4 Å². The summed E-state index contributed by atoms with van der Waals surface area (Å²) in [6.45, 7) is 8.80. The fourth-order valence-corrected chi connectivity index (χ4v) is 2.38. The van der Waals surface area contributed by atoms with Crippen LogP contribution in [0.1, 0.15) is 13.8 Å². The number of halogens is 1. The van der Waals surface area contributed by atoms with Crippen LogP contribution in [0.25, 0.3) is 0 Å². The highest BCUT2D eigenvalue weighted by Gasteiger charge is 2.32. The Bertz CT molecular complexity index is 556. The van der Waals surface area contributed by atoms with Crippen LogP contribution in [0.3, 0.4) is 0 Å². The Morgan fingerprint density at radius 2 is 2.45 bits per heavy atom. The van der Waals surface area contributed by atoms with Crippen molar-refractivity contribution in [1.29, 1.82) is 0 Å². The van der Waals surface area contributed by atoms with Crippen LogP contribution in [0, 0.1) is 0 Å². The number of hydrogen-bond acceptors (Lipinski definition) is 5. The molecule has 2 heterocycles. The number of aromatic nitrogens is 2. The smallest absolute Gasteiger partial charge is 0.283 e. The van der Waals surface area contributed by atoms with Gasteiger partial charge in [-0.3, -0.25) is 4.79 Å². The molecule has 1 fully saturated rings. The van der Waals surface area contributed by atoms with Crippen molar-refractivity contribution in [3.63, 3.8) is 0 Å².